The van der Waals surface area contributed by atoms with Gasteiger partial charge in [0.25, 0.3) is 0 Å². The lowest BCUT2D eigenvalue weighted by molar-refractivity contribution is 0.0696. The van der Waals surface area contributed by atoms with Crippen LogP contribution in [-0.2, 0) is 0 Å². The second-order valence-electron chi connectivity index (χ2n) is 5.00. The number of aromatic nitrogens is 1. The van der Waals surface area contributed by atoms with Crippen molar-refractivity contribution in [1.29, 1.82) is 0 Å². The van der Waals surface area contributed by atoms with E-state index in [-0.39, 0.29) is 6.04 Å². The second-order valence-corrected chi connectivity index (χ2v) is 5.00. The lowest BCUT2D eigenvalue weighted by atomic mass is 10.1. The van der Waals surface area contributed by atoms with Gasteiger partial charge in [-0.15, -0.1) is 0 Å². The highest BCUT2D eigenvalue weighted by atomic mass is 16.5. The zero-order valence-corrected chi connectivity index (χ0v) is 12.2. The van der Waals surface area contributed by atoms with E-state index in [1.807, 2.05) is 49.6 Å². The Morgan fingerprint density at radius 2 is 1.95 bits per heavy atom. The number of para-hydroxylation sites is 1. The van der Waals surface area contributed by atoms with Crippen LogP contribution >= 0.6 is 0 Å². The zero-order valence-electron chi connectivity index (χ0n) is 12.2. The lowest BCUT2D eigenvalue weighted by Crippen LogP contribution is -2.07. The molecular weight excluding hydrogens is 254 g/mol. The summed E-state index contributed by atoms with van der Waals surface area (Å²) in [6.07, 6.45) is 0. The third-order valence-electron chi connectivity index (χ3n) is 3.42. The fraction of sp³-hybridized carbons (Fsp3) is 0.312. The third kappa shape index (κ3) is 2.29. The van der Waals surface area contributed by atoms with Crippen LogP contribution in [0.15, 0.2) is 30.3 Å². The van der Waals surface area contributed by atoms with E-state index in [2.05, 4.69) is 0 Å². The minimum absolute atomic E-state index is 0.169. The molecule has 2 aromatic rings. The van der Waals surface area contributed by atoms with Crippen molar-refractivity contribution in [3.05, 3.63) is 41.6 Å². The highest BCUT2D eigenvalue weighted by molar-refractivity contribution is 5.91. The average Bonchev–Trinajstić information content (AvgIpc) is 2.76. The van der Waals surface area contributed by atoms with Crippen molar-refractivity contribution in [2.75, 3.05) is 7.11 Å². The molecule has 2 rings (SSSR count). The van der Waals surface area contributed by atoms with E-state index in [1.54, 1.807) is 13.2 Å². The first-order chi connectivity index (χ1) is 9.47. The van der Waals surface area contributed by atoms with E-state index in [1.165, 1.54) is 0 Å². The van der Waals surface area contributed by atoms with Crippen LogP contribution in [0.1, 0.15) is 35.9 Å². The van der Waals surface area contributed by atoms with Gasteiger partial charge in [0.15, 0.2) is 0 Å². The molecule has 0 unspecified atom stereocenters. The number of carboxylic acids is 1. The number of methoxy groups -OCH3 is 1. The van der Waals surface area contributed by atoms with Gasteiger partial charge in [-0.1, -0.05) is 12.1 Å². The van der Waals surface area contributed by atoms with Gasteiger partial charge in [0.05, 0.1) is 18.4 Å². The fourth-order valence-electron chi connectivity index (χ4n) is 2.57. The molecule has 0 bridgehead atoms. The van der Waals surface area contributed by atoms with Crippen LogP contribution in [0.3, 0.4) is 0 Å². The van der Waals surface area contributed by atoms with Gasteiger partial charge in [-0.3, -0.25) is 0 Å². The van der Waals surface area contributed by atoms with Gasteiger partial charge in [0, 0.05) is 17.3 Å². The summed E-state index contributed by atoms with van der Waals surface area (Å²) < 4.78 is 7.41. The van der Waals surface area contributed by atoms with Crippen LogP contribution in [-0.4, -0.2) is 22.8 Å². The fourth-order valence-corrected chi connectivity index (χ4v) is 2.57. The van der Waals surface area contributed by atoms with Crippen LogP contribution in [0, 0.1) is 6.92 Å². The maximum absolute atomic E-state index is 11.4. The molecule has 0 aliphatic heterocycles. The van der Waals surface area contributed by atoms with E-state index < -0.39 is 5.97 Å². The number of aromatic carboxylic acids is 1. The molecule has 20 heavy (non-hydrogen) atoms. The van der Waals surface area contributed by atoms with Gasteiger partial charge >= 0.3 is 5.97 Å². The highest BCUT2D eigenvalue weighted by Gasteiger charge is 2.20. The molecule has 1 N–H and O–H groups in total. The molecule has 0 spiro atoms. The predicted molar refractivity (Wildman–Crippen MR) is 78.5 cm³/mol. The van der Waals surface area contributed by atoms with E-state index in [0.717, 1.165) is 22.7 Å². The van der Waals surface area contributed by atoms with Crippen LogP contribution in [0.25, 0.3) is 11.3 Å². The topological polar surface area (TPSA) is 51.5 Å². The summed E-state index contributed by atoms with van der Waals surface area (Å²) in [4.78, 5) is 11.4. The molecule has 0 atom stereocenters. The standard InChI is InChI=1S/C16H19NO3/c1-10(2)17-11(3)13(16(18)19)9-14(17)12-7-5-6-8-15(12)20-4/h5-10H,1-4H3,(H,18,19). The summed E-state index contributed by atoms with van der Waals surface area (Å²) in [6.45, 7) is 5.91. The van der Waals surface area contributed by atoms with Crippen molar-refractivity contribution in [1.82, 2.24) is 4.57 Å². The summed E-state index contributed by atoms with van der Waals surface area (Å²) >= 11 is 0. The van der Waals surface area contributed by atoms with E-state index >= 15 is 0 Å². The number of hydrogen-bond donors (Lipinski definition) is 1. The van der Waals surface area contributed by atoms with Gasteiger partial charge in [-0.05, 0) is 39.0 Å². The Morgan fingerprint density at radius 3 is 2.50 bits per heavy atom. The number of hydrogen-bond acceptors (Lipinski definition) is 2. The van der Waals surface area contributed by atoms with Crippen molar-refractivity contribution < 1.29 is 14.6 Å². The van der Waals surface area contributed by atoms with E-state index in [4.69, 9.17) is 4.74 Å². The van der Waals surface area contributed by atoms with Crippen LogP contribution in [0.4, 0.5) is 0 Å². The minimum Gasteiger partial charge on any atom is -0.496 e. The number of rotatable bonds is 4. The van der Waals surface area contributed by atoms with Crippen molar-refractivity contribution in [2.24, 2.45) is 0 Å². The number of carbonyl (C=O) groups is 1. The summed E-state index contributed by atoms with van der Waals surface area (Å²) in [5.41, 5.74) is 2.86. The molecule has 0 aliphatic rings. The first-order valence-corrected chi connectivity index (χ1v) is 6.55. The quantitative estimate of drug-likeness (QED) is 0.923. The molecule has 0 saturated heterocycles. The number of nitrogens with zero attached hydrogens (tertiary/aromatic N) is 1. The largest absolute Gasteiger partial charge is 0.496 e. The zero-order chi connectivity index (χ0) is 14.9. The number of ether oxygens (including phenoxy) is 1. The molecule has 4 nitrogen and oxygen atoms in total. The molecule has 0 fully saturated rings. The number of carboxylic acid groups (broad SMARTS) is 1. The molecular formula is C16H19NO3. The van der Waals surface area contributed by atoms with Crippen LogP contribution in [0.2, 0.25) is 0 Å². The summed E-state index contributed by atoms with van der Waals surface area (Å²) in [7, 11) is 1.62. The van der Waals surface area contributed by atoms with Gasteiger partial charge in [-0.2, -0.15) is 0 Å². The monoisotopic (exact) mass is 273 g/mol. The SMILES string of the molecule is COc1ccccc1-c1cc(C(=O)O)c(C)n1C(C)C. The molecule has 106 valence electrons. The van der Waals surface area contributed by atoms with E-state index in [0.29, 0.717) is 5.56 Å². The Kier molecular flexibility index (Phi) is 3.84. The first kappa shape index (κ1) is 14.2. The van der Waals surface area contributed by atoms with Gasteiger partial charge in [0.2, 0.25) is 0 Å². The van der Waals surface area contributed by atoms with Gasteiger partial charge < -0.3 is 14.4 Å². The van der Waals surface area contributed by atoms with Crippen molar-refractivity contribution >= 4 is 5.97 Å². The van der Waals surface area contributed by atoms with Crippen molar-refractivity contribution in [3.8, 4) is 17.0 Å². The summed E-state index contributed by atoms with van der Waals surface area (Å²) in [6, 6.07) is 9.53. The smallest absolute Gasteiger partial charge is 0.337 e. The van der Waals surface area contributed by atoms with Crippen molar-refractivity contribution in [3.63, 3.8) is 0 Å². The third-order valence-corrected chi connectivity index (χ3v) is 3.42. The molecule has 1 aromatic heterocycles. The van der Waals surface area contributed by atoms with Gasteiger partial charge in [-0.25, -0.2) is 4.79 Å². The molecule has 4 heteroatoms. The Labute approximate surface area is 118 Å². The predicted octanol–water partition coefficient (Wildman–Crippen LogP) is 3.75. The Morgan fingerprint density at radius 1 is 1.30 bits per heavy atom. The maximum Gasteiger partial charge on any atom is 0.337 e. The van der Waals surface area contributed by atoms with E-state index in [9.17, 15) is 9.90 Å². The first-order valence-electron chi connectivity index (χ1n) is 6.55. The highest BCUT2D eigenvalue weighted by Crippen LogP contribution is 2.34. The lowest BCUT2D eigenvalue weighted by Gasteiger charge is -2.17. The maximum atomic E-state index is 11.4. The second kappa shape index (κ2) is 5.41. The Bertz CT molecular complexity index is 641. The molecule has 0 saturated carbocycles. The summed E-state index contributed by atoms with van der Waals surface area (Å²) in [5.74, 6) is -0.165. The Hall–Kier alpha value is -2.23. The minimum atomic E-state index is -0.905. The number of benzene rings is 1. The molecule has 0 amide bonds. The van der Waals surface area contributed by atoms with Crippen LogP contribution in [0.5, 0.6) is 5.75 Å². The normalized spacial score (nSPS) is 10.8. The Balaban J connectivity index is 2.73. The van der Waals surface area contributed by atoms with Crippen LogP contribution < -0.4 is 4.74 Å². The average molecular weight is 273 g/mol. The molecule has 0 radical (unpaired) electrons. The summed E-state index contributed by atoms with van der Waals surface area (Å²) in [5, 5.41) is 9.31. The molecule has 1 aromatic carbocycles. The molecule has 0 aliphatic carbocycles. The molecule has 1 heterocycles. The van der Waals surface area contributed by atoms with Gasteiger partial charge in [0.1, 0.15) is 5.75 Å². The van der Waals surface area contributed by atoms with Crippen molar-refractivity contribution in [2.45, 2.75) is 26.8 Å².